The average molecular weight is 556 g/mol. The summed E-state index contributed by atoms with van der Waals surface area (Å²) in [4.78, 5) is 25.9. The topological polar surface area (TPSA) is 86.4 Å². The third-order valence-corrected chi connectivity index (χ3v) is 6.45. The van der Waals surface area contributed by atoms with E-state index < -0.39 is 35.4 Å². The second kappa shape index (κ2) is 10.3. The van der Waals surface area contributed by atoms with Crippen LogP contribution >= 0.6 is 0 Å². The van der Waals surface area contributed by atoms with Gasteiger partial charge in [-0.05, 0) is 35.7 Å². The maximum atomic E-state index is 14.1. The number of carbonyl (C=O) groups is 1. The third kappa shape index (κ3) is 5.14. The van der Waals surface area contributed by atoms with Gasteiger partial charge in [-0.3, -0.25) is 9.59 Å². The fourth-order valence-electron chi connectivity index (χ4n) is 4.57. The molecule has 0 spiro atoms. The number of nitrogens with one attached hydrogen (secondary N) is 1. The highest BCUT2D eigenvalue weighted by molar-refractivity contribution is 6.02. The molecule has 0 saturated carbocycles. The lowest BCUT2D eigenvalue weighted by Crippen LogP contribution is -2.20. The summed E-state index contributed by atoms with van der Waals surface area (Å²) >= 11 is 0. The number of amides is 1. The van der Waals surface area contributed by atoms with Crippen LogP contribution in [-0.2, 0) is 11.0 Å². The average Bonchev–Trinajstić information content (AvgIpc) is 3.46. The van der Waals surface area contributed by atoms with Gasteiger partial charge in [-0.1, -0.05) is 54.6 Å². The molecule has 6 aromatic rings. The summed E-state index contributed by atoms with van der Waals surface area (Å²) in [6.07, 6.45) is -2.44. The molecule has 6 rings (SSSR count). The summed E-state index contributed by atoms with van der Waals surface area (Å²) in [6, 6.07) is 25.7. The number of aromatic nitrogens is 2. The first-order valence-electron chi connectivity index (χ1n) is 12.5. The van der Waals surface area contributed by atoms with Crippen molar-refractivity contribution in [3.05, 3.63) is 119 Å². The quantitative estimate of drug-likeness (QED) is 0.243. The van der Waals surface area contributed by atoms with E-state index in [4.69, 9.17) is 9.15 Å². The molecule has 1 N–H and O–H groups in total. The molecule has 0 bridgehead atoms. The number of halogens is 3. The molecule has 2 heterocycles. The molecule has 0 aliphatic heterocycles. The number of anilines is 1. The number of ether oxygens (including phenoxy) is 1. The summed E-state index contributed by atoms with van der Waals surface area (Å²) in [5.41, 5.74) is -0.666. The first-order chi connectivity index (χ1) is 19.8. The lowest BCUT2D eigenvalue weighted by Gasteiger charge is -2.13. The number of fused-ring (bicyclic) bond motifs is 2. The summed E-state index contributed by atoms with van der Waals surface area (Å²) < 4.78 is 54.5. The number of para-hydroxylation sites is 1. The van der Waals surface area contributed by atoms with E-state index in [0.717, 1.165) is 16.8 Å². The van der Waals surface area contributed by atoms with Crippen LogP contribution in [0.4, 0.5) is 18.9 Å². The lowest BCUT2D eigenvalue weighted by atomic mass is 10.0. The van der Waals surface area contributed by atoms with E-state index in [9.17, 15) is 22.8 Å². The Morgan fingerprint density at radius 3 is 2.49 bits per heavy atom. The van der Waals surface area contributed by atoms with Crippen molar-refractivity contribution < 1.29 is 27.1 Å². The van der Waals surface area contributed by atoms with Crippen LogP contribution in [0, 0.1) is 0 Å². The first-order valence-corrected chi connectivity index (χ1v) is 12.5. The van der Waals surface area contributed by atoms with Crippen molar-refractivity contribution in [2.24, 2.45) is 0 Å². The molecule has 0 aliphatic rings. The minimum absolute atomic E-state index is 0.0396. The molecule has 0 unspecified atom stereocenters. The highest BCUT2D eigenvalue weighted by atomic mass is 19.4. The van der Waals surface area contributed by atoms with E-state index >= 15 is 0 Å². The largest absolute Gasteiger partial charge is 0.484 e. The predicted octanol–water partition coefficient (Wildman–Crippen LogP) is 6.84. The summed E-state index contributed by atoms with van der Waals surface area (Å²) in [5, 5.41) is 8.61. The molecule has 0 atom stereocenters. The van der Waals surface area contributed by atoms with E-state index in [0.29, 0.717) is 11.4 Å². The zero-order valence-corrected chi connectivity index (χ0v) is 21.2. The first kappa shape index (κ1) is 25.9. The molecule has 1 amide bonds. The van der Waals surface area contributed by atoms with Crippen molar-refractivity contribution >= 4 is 33.3 Å². The Hall–Kier alpha value is -5.38. The number of hydrogen-bond donors (Lipinski definition) is 1. The minimum Gasteiger partial charge on any atom is -0.484 e. The Balaban J connectivity index is 1.28. The van der Waals surface area contributed by atoms with Gasteiger partial charge in [0.05, 0.1) is 22.8 Å². The molecule has 0 saturated heterocycles. The Morgan fingerprint density at radius 1 is 0.927 bits per heavy atom. The van der Waals surface area contributed by atoms with Crippen molar-refractivity contribution in [3.63, 3.8) is 0 Å². The number of alkyl halides is 3. The van der Waals surface area contributed by atoms with Crippen LogP contribution in [0.3, 0.4) is 0 Å². The van der Waals surface area contributed by atoms with E-state index in [2.05, 4.69) is 10.4 Å². The monoisotopic (exact) mass is 555 g/mol. The van der Waals surface area contributed by atoms with Gasteiger partial charge in [-0.15, -0.1) is 0 Å². The summed E-state index contributed by atoms with van der Waals surface area (Å²) in [6.45, 7) is -0.415. The summed E-state index contributed by atoms with van der Waals surface area (Å²) in [5.74, 6) is -1.86. The van der Waals surface area contributed by atoms with Gasteiger partial charge in [0.25, 0.3) is 5.91 Å². The Labute approximate surface area is 230 Å². The van der Waals surface area contributed by atoms with E-state index in [1.54, 1.807) is 36.4 Å². The van der Waals surface area contributed by atoms with Crippen LogP contribution in [0.1, 0.15) is 5.76 Å². The maximum absolute atomic E-state index is 14.1. The molecule has 41 heavy (non-hydrogen) atoms. The van der Waals surface area contributed by atoms with Gasteiger partial charge >= 0.3 is 6.18 Å². The number of nitrogens with zero attached hydrogens (tertiary/aromatic N) is 2. The van der Waals surface area contributed by atoms with Gasteiger partial charge in [0.15, 0.2) is 6.61 Å². The maximum Gasteiger partial charge on any atom is 0.450 e. The number of hydrogen-bond acceptors (Lipinski definition) is 5. The molecular formula is C31H20F3N3O4. The predicted molar refractivity (Wildman–Crippen MR) is 148 cm³/mol. The van der Waals surface area contributed by atoms with Crippen LogP contribution in [0.2, 0.25) is 0 Å². The molecule has 204 valence electrons. The second-order valence-electron chi connectivity index (χ2n) is 9.16. The van der Waals surface area contributed by atoms with Crippen molar-refractivity contribution in [1.82, 2.24) is 9.78 Å². The Bertz CT molecular complexity index is 1960. The molecular weight excluding hydrogens is 535 g/mol. The van der Waals surface area contributed by atoms with E-state index in [1.807, 2.05) is 36.4 Å². The molecule has 0 aliphatic carbocycles. The van der Waals surface area contributed by atoms with Crippen molar-refractivity contribution in [2.75, 3.05) is 11.9 Å². The highest BCUT2D eigenvalue weighted by Gasteiger charge is 2.39. The fraction of sp³-hybridized carbons (Fsp3) is 0.0645. The normalized spacial score (nSPS) is 11.6. The van der Waals surface area contributed by atoms with Gasteiger partial charge < -0.3 is 14.5 Å². The highest BCUT2D eigenvalue weighted by Crippen LogP contribution is 2.38. The number of rotatable bonds is 6. The molecule has 7 nitrogen and oxygen atoms in total. The van der Waals surface area contributed by atoms with Crippen molar-refractivity contribution in [3.8, 4) is 22.6 Å². The molecule has 2 aromatic heterocycles. The van der Waals surface area contributed by atoms with E-state index in [1.165, 1.54) is 29.2 Å². The zero-order chi connectivity index (χ0) is 28.6. The summed E-state index contributed by atoms with van der Waals surface area (Å²) in [7, 11) is 0. The molecule has 10 heteroatoms. The molecule has 0 fully saturated rings. The number of carbonyl (C=O) groups excluding carboxylic acids is 1. The van der Waals surface area contributed by atoms with Crippen LogP contribution in [-0.4, -0.2) is 22.3 Å². The Kier molecular flexibility index (Phi) is 6.50. The fourth-order valence-corrected chi connectivity index (χ4v) is 4.57. The molecule has 4 aromatic carbocycles. The van der Waals surface area contributed by atoms with Crippen LogP contribution in [0.5, 0.6) is 5.75 Å². The SMILES string of the molecule is O=C(COc1ccc2c(=O)c(-c3cnn(-c4ccccc4)c3)c(C(F)(F)F)oc2c1)Nc1cccc2ccccc12. The standard InChI is InChI=1S/C31H20F3N3O4/c32-31(33,34)30-28(20-16-35-37(17-20)21-9-2-1-3-10-21)29(39)24-14-13-22(15-26(24)41-30)40-18-27(38)36-25-12-6-8-19-7-4-5-11-23(19)25/h1-17H,18H2,(H,36,38). The lowest BCUT2D eigenvalue weighted by molar-refractivity contribution is -0.152. The van der Waals surface area contributed by atoms with Crippen molar-refractivity contribution in [2.45, 2.75) is 6.18 Å². The zero-order valence-electron chi connectivity index (χ0n) is 21.2. The van der Waals surface area contributed by atoms with Gasteiger partial charge in [0, 0.05) is 28.9 Å². The van der Waals surface area contributed by atoms with E-state index in [-0.39, 0.29) is 22.3 Å². The second-order valence-corrected chi connectivity index (χ2v) is 9.16. The van der Waals surface area contributed by atoms with Crippen LogP contribution in [0.25, 0.3) is 38.6 Å². The third-order valence-electron chi connectivity index (χ3n) is 6.45. The van der Waals surface area contributed by atoms with Gasteiger partial charge in [0.2, 0.25) is 11.2 Å². The Morgan fingerprint density at radius 2 is 1.68 bits per heavy atom. The minimum atomic E-state index is -4.97. The van der Waals surface area contributed by atoms with Gasteiger partial charge in [-0.25, -0.2) is 4.68 Å². The molecule has 0 radical (unpaired) electrons. The van der Waals surface area contributed by atoms with Gasteiger partial charge in [0.1, 0.15) is 11.3 Å². The smallest absolute Gasteiger partial charge is 0.450 e. The van der Waals surface area contributed by atoms with Gasteiger partial charge in [-0.2, -0.15) is 18.3 Å². The number of benzene rings is 4. The van der Waals surface area contributed by atoms with Crippen LogP contribution in [0.15, 0.2) is 113 Å². The van der Waals surface area contributed by atoms with Crippen molar-refractivity contribution in [1.29, 1.82) is 0 Å². The van der Waals surface area contributed by atoms with Crippen LogP contribution < -0.4 is 15.5 Å².